The van der Waals surface area contributed by atoms with Gasteiger partial charge in [-0.2, -0.15) is 22.0 Å². The van der Waals surface area contributed by atoms with Gasteiger partial charge in [0.05, 0.1) is 5.03 Å². The molecule has 0 radical (unpaired) electrons. The highest BCUT2D eigenvalue weighted by molar-refractivity contribution is 6.43. The van der Waals surface area contributed by atoms with E-state index in [-0.39, 0.29) is 48.7 Å². The Kier molecular flexibility index (Phi) is 4.94. The summed E-state index contributed by atoms with van der Waals surface area (Å²) in [5.41, 5.74) is -3.57. The average molecular weight is 441 g/mol. The molecule has 5 unspecified atom stereocenters. The van der Waals surface area contributed by atoms with Gasteiger partial charge in [0, 0.05) is 11.8 Å². The minimum atomic E-state index is -5.78. The maximum absolute atomic E-state index is 14.6. The van der Waals surface area contributed by atoms with Crippen LogP contribution in [0.4, 0.5) is 22.0 Å². The number of aliphatic hydroxyl groups is 1. The number of alkyl halides is 5. The molecule has 1 N–H and O–H groups in total. The van der Waals surface area contributed by atoms with Crippen molar-refractivity contribution in [2.45, 2.75) is 82.4 Å². The molecular formula is C21H26ClF5O2. The first-order chi connectivity index (χ1) is 13.4. The molecule has 29 heavy (non-hydrogen) atoms. The van der Waals surface area contributed by atoms with Gasteiger partial charge in [0.25, 0.3) is 0 Å². The quantitative estimate of drug-likeness (QED) is 0.533. The zero-order chi connectivity index (χ0) is 21.4. The molecule has 2 nitrogen and oxygen atoms in total. The van der Waals surface area contributed by atoms with Crippen LogP contribution in [0, 0.1) is 29.1 Å². The van der Waals surface area contributed by atoms with Crippen molar-refractivity contribution in [2.75, 3.05) is 0 Å². The lowest BCUT2D eigenvalue weighted by Crippen LogP contribution is -2.66. The molecule has 6 atom stereocenters. The second-order valence-corrected chi connectivity index (χ2v) is 9.78. The zero-order valence-corrected chi connectivity index (χ0v) is 17.1. The van der Waals surface area contributed by atoms with Gasteiger partial charge in [-0.1, -0.05) is 18.5 Å². The normalized spacial score (nSPS) is 43.1. The van der Waals surface area contributed by atoms with E-state index >= 15 is 0 Å². The Balaban J connectivity index is 1.71. The molecule has 8 heteroatoms. The molecule has 3 fully saturated rings. The molecule has 0 saturated heterocycles. The third-order valence-corrected chi connectivity index (χ3v) is 9.22. The van der Waals surface area contributed by atoms with Crippen LogP contribution in [0.15, 0.2) is 10.6 Å². The van der Waals surface area contributed by atoms with E-state index in [1.54, 1.807) is 6.92 Å². The smallest absolute Gasteiger partial charge is 0.383 e. The summed E-state index contributed by atoms with van der Waals surface area (Å²) in [6, 6.07) is 0. The molecule has 0 aromatic carbocycles. The van der Waals surface area contributed by atoms with Crippen LogP contribution in [-0.4, -0.2) is 28.6 Å². The van der Waals surface area contributed by atoms with E-state index in [1.165, 1.54) is 0 Å². The summed E-state index contributed by atoms with van der Waals surface area (Å²) in [4.78, 5) is 12.0. The summed E-state index contributed by atoms with van der Waals surface area (Å²) in [5.74, 6) is -5.36. The minimum absolute atomic E-state index is 0.0202. The van der Waals surface area contributed by atoms with E-state index in [0.29, 0.717) is 37.1 Å². The third kappa shape index (κ3) is 2.65. The highest BCUT2D eigenvalue weighted by Gasteiger charge is 2.79. The van der Waals surface area contributed by atoms with Gasteiger partial charge in [0.2, 0.25) is 0 Å². The van der Waals surface area contributed by atoms with Crippen LogP contribution in [0.25, 0.3) is 0 Å². The fourth-order valence-corrected chi connectivity index (χ4v) is 7.83. The van der Waals surface area contributed by atoms with E-state index in [2.05, 4.69) is 0 Å². The predicted molar refractivity (Wildman–Crippen MR) is 97.5 cm³/mol. The van der Waals surface area contributed by atoms with Gasteiger partial charge in [-0.3, -0.25) is 4.79 Å². The van der Waals surface area contributed by atoms with Gasteiger partial charge in [-0.05, 0) is 80.6 Å². The van der Waals surface area contributed by atoms with Crippen molar-refractivity contribution in [3.8, 4) is 0 Å². The van der Waals surface area contributed by atoms with E-state index in [0.717, 1.165) is 5.57 Å². The Morgan fingerprint density at radius 1 is 1.03 bits per heavy atom. The number of fused-ring (bicyclic) bond motifs is 5. The van der Waals surface area contributed by atoms with Crippen LogP contribution in [-0.2, 0) is 4.79 Å². The molecule has 164 valence electrons. The number of carbonyl (C=O) groups is 1. The van der Waals surface area contributed by atoms with E-state index < -0.39 is 29.5 Å². The van der Waals surface area contributed by atoms with Gasteiger partial charge >= 0.3 is 12.1 Å². The Labute approximate surface area is 171 Å². The first-order valence-corrected chi connectivity index (χ1v) is 10.9. The number of rotatable bonds is 2. The fourth-order valence-electron chi connectivity index (χ4n) is 7.50. The topological polar surface area (TPSA) is 37.3 Å². The van der Waals surface area contributed by atoms with E-state index in [1.807, 2.05) is 0 Å². The summed E-state index contributed by atoms with van der Waals surface area (Å²) in [6.45, 7) is 1.63. The Hall–Kier alpha value is -0.690. The molecule has 0 spiro atoms. The number of allylic oxidation sites excluding steroid dienone is 1. The number of Topliss-reactive ketones (excluding diaryl/α,β-unsaturated/α-hetero) is 1. The van der Waals surface area contributed by atoms with E-state index in [9.17, 15) is 31.9 Å². The molecule has 0 aliphatic heterocycles. The number of carbonyl (C=O) groups excluding carboxylic acids is 1. The molecule has 0 heterocycles. The van der Waals surface area contributed by atoms with E-state index in [4.69, 9.17) is 11.6 Å². The fraction of sp³-hybridized carbons (Fsp3) is 0.857. The molecule has 0 aromatic rings. The van der Waals surface area contributed by atoms with Crippen LogP contribution in [0.5, 0.6) is 0 Å². The second-order valence-electron chi connectivity index (χ2n) is 9.40. The largest absolute Gasteiger partial charge is 0.456 e. The lowest BCUT2D eigenvalue weighted by Gasteiger charge is -2.58. The molecule has 0 bridgehead atoms. The summed E-state index contributed by atoms with van der Waals surface area (Å²) in [5, 5.41) is 11.3. The van der Waals surface area contributed by atoms with Gasteiger partial charge < -0.3 is 5.11 Å². The van der Waals surface area contributed by atoms with Crippen molar-refractivity contribution in [1.82, 2.24) is 0 Å². The van der Waals surface area contributed by atoms with Crippen molar-refractivity contribution in [3.63, 3.8) is 0 Å². The molecular weight excluding hydrogens is 415 g/mol. The molecule has 0 aromatic heterocycles. The van der Waals surface area contributed by atoms with Gasteiger partial charge in [-0.15, -0.1) is 0 Å². The SMILES string of the molecule is CCC12CCC3C4CCC(=O)C(Cl)=C4CCC3C1CC[C@]2(O)C(F)(F)C(F)(F)F. The minimum Gasteiger partial charge on any atom is -0.383 e. The van der Waals surface area contributed by atoms with Crippen molar-refractivity contribution >= 4 is 17.4 Å². The van der Waals surface area contributed by atoms with Crippen LogP contribution in [0.1, 0.15) is 64.7 Å². The average Bonchev–Trinajstić information content (AvgIpc) is 2.98. The first kappa shape index (κ1) is 21.5. The van der Waals surface area contributed by atoms with Crippen molar-refractivity contribution < 1.29 is 31.9 Å². The highest BCUT2D eigenvalue weighted by Crippen LogP contribution is 2.70. The van der Waals surface area contributed by atoms with Crippen LogP contribution in [0.3, 0.4) is 0 Å². The molecule has 4 aliphatic rings. The lowest BCUT2D eigenvalue weighted by molar-refractivity contribution is -0.365. The highest BCUT2D eigenvalue weighted by atomic mass is 35.5. The standard InChI is InChI=1S/C21H26ClF5O2/c1-2-18-9-7-12-11-5-6-16(28)17(22)14(11)4-3-13(12)15(18)8-10-19(18,29)20(23,24)21(25,26)27/h11-13,15,29H,2-10H2,1H3/t11?,12?,13?,15?,18?,19-/m1/s1. The second kappa shape index (κ2) is 6.65. The maximum atomic E-state index is 14.6. The van der Waals surface area contributed by atoms with Crippen molar-refractivity contribution in [1.29, 1.82) is 0 Å². The van der Waals surface area contributed by atoms with Crippen LogP contribution in [0.2, 0.25) is 0 Å². The monoisotopic (exact) mass is 440 g/mol. The lowest BCUT2D eigenvalue weighted by atomic mass is 9.48. The number of hydrogen-bond donors (Lipinski definition) is 1. The van der Waals surface area contributed by atoms with Gasteiger partial charge in [-0.25, -0.2) is 0 Å². The Morgan fingerprint density at radius 3 is 2.34 bits per heavy atom. The van der Waals surface area contributed by atoms with Crippen molar-refractivity contribution in [2.24, 2.45) is 29.1 Å². The number of ketones is 1. The Morgan fingerprint density at radius 2 is 1.72 bits per heavy atom. The Bertz CT molecular complexity index is 748. The maximum Gasteiger partial charge on any atom is 0.456 e. The zero-order valence-electron chi connectivity index (χ0n) is 16.3. The summed E-state index contributed by atoms with van der Waals surface area (Å²) in [6.07, 6.45) is -3.18. The van der Waals surface area contributed by atoms with Gasteiger partial charge in [0.15, 0.2) is 5.78 Å². The van der Waals surface area contributed by atoms with Gasteiger partial charge in [0.1, 0.15) is 5.60 Å². The first-order valence-electron chi connectivity index (χ1n) is 10.5. The predicted octanol–water partition coefficient (Wildman–Crippen LogP) is 6.01. The molecule has 0 amide bonds. The number of hydrogen-bond acceptors (Lipinski definition) is 2. The molecule has 4 rings (SSSR count). The summed E-state index contributed by atoms with van der Waals surface area (Å²) < 4.78 is 68.9. The number of halogens is 6. The summed E-state index contributed by atoms with van der Waals surface area (Å²) >= 11 is 6.26. The molecule has 3 saturated carbocycles. The summed E-state index contributed by atoms with van der Waals surface area (Å²) in [7, 11) is 0. The third-order valence-electron chi connectivity index (χ3n) is 8.77. The molecule has 4 aliphatic carbocycles. The van der Waals surface area contributed by atoms with Crippen LogP contribution < -0.4 is 0 Å². The van der Waals surface area contributed by atoms with Crippen molar-refractivity contribution in [3.05, 3.63) is 10.6 Å². The van der Waals surface area contributed by atoms with Crippen LogP contribution >= 0.6 is 11.6 Å².